The number of rotatable bonds is 7. The van der Waals surface area contributed by atoms with Gasteiger partial charge in [-0.2, -0.15) is 0 Å². The quantitative estimate of drug-likeness (QED) is 0.516. The van der Waals surface area contributed by atoms with E-state index in [4.69, 9.17) is 9.84 Å². The SMILES string of the molecule is CCOC(=O)C(CC)(C(=O)O)C(CC)C(=O)O. The Morgan fingerprint density at radius 3 is 1.94 bits per heavy atom. The van der Waals surface area contributed by atoms with Gasteiger partial charge in [-0.05, 0) is 19.8 Å². The van der Waals surface area contributed by atoms with Crippen molar-refractivity contribution in [2.75, 3.05) is 6.61 Å². The molecular weight excluding hydrogens is 228 g/mol. The van der Waals surface area contributed by atoms with E-state index in [1.165, 1.54) is 13.8 Å². The first-order valence-corrected chi connectivity index (χ1v) is 5.51. The summed E-state index contributed by atoms with van der Waals surface area (Å²) >= 11 is 0. The van der Waals surface area contributed by atoms with E-state index in [0.717, 1.165) is 0 Å². The molecule has 17 heavy (non-hydrogen) atoms. The van der Waals surface area contributed by atoms with Crippen LogP contribution in [0.1, 0.15) is 33.6 Å². The summed E-state index contributed by atoms with van der Waals surface area (Å²) < 4.78 is 4.71. The zero-order valence-electron chi connectivity index (χ0n) is 10.2. The maximum absolute atomic E-state index is 11.8. The molecule has 0 amide bonds. The van der Waals surface area contributed by atoms with Crippen LogP contribution in [0.15, 0.2) is 0 Å². The maximum atomic E-state index is 11.8. The van der Waals surface area contributed by atoms with Gasteiger partial charge in [-0.15, -0.1) is 0 Å². The largest absolute Gasteiger partial charge is 0.481 e. The van der Waals surface area contributed by atoms with Gasteiger partial charge in [0.15, 0.2) is 5.41 Å². The Morgan fingerprint density at radius 2 is 1.71 bits per heavy atom. The summed E-state index contributed by atoms with van der Waals surface area (Å²) in [6.45, 7) is 4.56. The summed E-state index contributed by atoms with van der Waals surface area (Å²) in [5, 5.41) is 18.2. The first-order chi connectivity index (χ1) is 7.88. The third kappa shape index (κ3) is 2.75. The Balaban J connectivity index is 5.56. The Labute approximate surface area is 99.6 Å². The molecule has 0 saturated heterocycles. The van der Waals surface area contributed by atoms with E-state index in [1.54, 1.807) is 6.92 Å². The molecule has 98 valence electrons. The van der Waals surface area contributed by atoms with Gasteiger partial charge in [0, 0.05) is 0 Å². The molecule has 0 aliphatic heterocycles. The highest BCUT2D eigenvalue weighted by Crippen LogP contribution is 2.36. The number of hydrogen-bond donors (Lipinski definition) is 2. The van der Waals surface area contributed by atoms with Gasteiger partial charge < -0.3 is 14.9 Å². The molecule has 0 aromatic carbocycles. The smallest absolute Gasteiger partial charge is 0.324 e. The van der Waals surface area contributed by atoms with Crippen molar-refractivity contribution in [3.05, 3.63) is 0 Å². The Bertz CT molecular complexity index is 311. The molecule has 0 aliphatic carbocycles. The lowest BCUT2D eigenvalue weighted by atomic mass is 9.72. The second-order valence-electron chi connectivity index (χ2n) is 3.65. The van der Waals surface area contributed by atoms with Crippen molar-refractivity contribution in [1.29, 1.82) is 0 Å². The average Bonchev–Trinajstić information content (AvgIpc) is 2.24. The highest BCUT2D eigenvalue weighted by molar-refractivity contribution is 6.03. The number of carbonyl (C=O) groups excluding carboxylic acids is 1. The van der Waals surface area contributed by atoms with Crippen molar-refractivity contribution in [3.63, 3.8) is 0 Å². The zero-order valence-corrected chi connectivity index (χ0v) is 10.2. The number of carboxylic acid groups (broad SMARTS) is 2. The van der Waals surface area contributed by atoms with Gasteiger partial charge in [0.05, 0.1) is 12.5 Å². The second-order valence-corrected chi connectivity index (χ2v) is 3.65. The summed E-state index contributed by atoms with van der Waals surface area (Å²) in [7, 11) is 0. The van der Waals surface area contributed by atoms with E-state index in [0.29, 0.717) is 0 Å². The van der Waals surface area contributed by atoms with Crippen molar-refractivity contribution in [2.45, 2.75) is 33.6 Å². The Morgan fingerprint density at radius 1 is 1.18 bits per heavy atom. The fourth-order valence-corrected chi connectivity index (χ4v) is 1.91. The van der Waals surface area contributed by atoms with Crippen LogP contribution >= 0.6 is 0 Å². The van der Waals surface area contributed by atoms with Crippen LogP contribution in [-0.4, -0.2) is 34.7 Å². The zero-order chi connectivity index (χ0) is 13.6. The fourth-order valence-electron chi connectivity index (χ4n) is 1.91. The van der Waals surface area contributed by atoms with Gasteiger partial charge >= 0.3 is 17.9 Å². The van der Waals surface area contributed by atoms with Gasteiger partial charge in [0.2, 0.25) is 0 Å². The molecule has 0 fully saturated rings. The van der Waals surface area contributed by atoms with E-state index < -0.39 is 29.2 Å². The molecule has 0 spiro atoms. The standard InChI is InChI=1S/C11H18O6/c1-4-7(8(12)13)11(5-2,9(14)15)10(16)17-6-3/h7H,4-6H2,1-3H3,(H,12,13)(H,14,15). The van der Waals surface area contributed by atoms with Crippen LogP contribution in [0.2, 0.25) is 0 Å². The maximum Gasteiger partial charge on any atom is 0.324 e. The Hall–Kier alpha value is -1.59. The molecular formula is C11H18O6. The molecule has 2 N–H and O–H groups in total. The Kier molecular flexibility index (Phi) is 5.64. The van der Waals surface area contributed by atoms with Gasteiger partial charge in [0.1, 0.15) is 0 Å². The van der Waals surface area contributed by atoms with Crippen molar-refractivity contribution >= 4 is 17.9 Å². The molecule has 2 unspecified atom stereocenters. The van der Waals surface area contributed by atoms with Gasteiger partial charge in [-0.3, -0.25) is 14.4 Å². The van der Waals surface area contributed by atoms with E-state index >= 15 is 0 Å². The van der Waals surface area contributed by atoms with E-state index in [2.05, 4.69) is 0 Å². The van der Waals surface area contributed by atoms with Crippen molar-refractivity contribution < 1.29 is 29.3 Å². The highest BCUT2D eigenvalue weighted by atomic mass is 16.5. The summed E-state index contributed by atoms with van der Waals surface area (Å²) in [6, 6.07) is 0. The van der Waals surface area contributed by atoms with Crippen LogP contribution < -0.4 is 0 Å². The minimum atomic E-state index is -2.00. The lowest BCUT2D eigenvalue weighted by molar-refractivity contribution is -0.179. The molecule has 0 saturated carbocycles. The fraction of sp³-hybridized carbons (Fsp3) is 0.727. The van der Waals surface area contributed by atoms with Crippen molar-refractivity contribution in [3.8, 4) is 0 Å². The molecule has 6 nitrogen and oxygen atoms in total. The monoisotopic (exact) mass is 246 g/mol. The minimum absolute atomic E-state index is 0.0178. The minimum Gasteiger partial charge on any atom is -0.481 e. The predicted octanol–water partition coefficient (Wildman–Crippen LogP) is 1.14. The van der Waals surface area contributed by atoms with Crippen molar-refractivity contribution in [2.24, 2.45) is 11.3 Å². The van der Waals surface area contributed by atoms with Crippen LogP contribution in [0.5, 0.6) is 0 Å². The number of ether oxygens (including phenoxy) is 1. The number of hydrogen-bond acceptors (Lipinski definition) is 4. The predicted molar refractivity (Wildman–Crippen MR) is 58.4 cm³/mol. The number of carbonyl (C=O) groups is 3. The van der Waals surface area contributed by atoms with Gasteiger partial charge in [-0.25, -0.2) is 0 Å². The first-order valence-electron chi connectivity index (χ1n) is 5.51. The summed E-state index contributed by atoms with van der Waals surface area (Å²) in [5.41, 5.74) is -2.00. The van der Waals surface area contributed by atoms with Crippen LogP contribution in [0.25, 0.3) is 0 Å². The van der Waals surface area contributed by atoms with Crippen LogP contribution in [0.3, 0.4) is 0 Å². The summed E-state index contributed by atoms with van der Waals surface area (Å²) in [5.74, 6) is -5.02. The van der Waals surface area contributed by atoms with E-state index in [9.17, 15) is 19.5 Å². The summed E-state index contributed by atoms with van der Waals surface area (Å²) in [4.78, 5) is 34.2. The molecule has 0 aromatic heterocycles. The number of aliphatic carboxylic acids is 2. The molecule has 0 aliphatic rings. The van der Waals surface area contributed by atoms with Crippen LogP contribution in [-0.2, 0) is 19.1 Å². The van der Waals surface area contributed by atoms with Gasteiger partial charge in [0.25, 0.3) is 0 Å². The molecule has 6 heteroatoms. The number of carboxylic acids is 2. The molecule has 0 rings (SSSR count). The highest BCUT2D eigenvalue weighted by Gasteiger charge is 2.55. The second kappa shape index (κ2) is 6.22. The third-order valence-corrected chi connectivity index (χ3v) is 2.88. The molecule has 0 bridgehead atoms. The lowest BCUT2D eigenvalue weighted by Gasteiger charge is -2.30. The first kappa shape index (κ1) is 15.4. The van der Waals surface area contributed by atoms with Gasteiger partial charge in [-0.1, -0.05) is 13.8 Å². The normalized spacial score (nSPS) is 15.7. The van der Waals surface area contributed by atoms with Crippen molar-refractivity contribution in [1.82, 2.24) is 0 Å². The number of esters is 1. The van der Waals surface area contributed by atoms with Crippen LogP contribution in [0.4, 0.5) is 0 Å². The molecule has 0 aromatic rings. The average molecular weight is 246 g/mol. The topological polar surface area (TPSA) is 101 Å². The third-order valence-electron chi connectivity index (χ3n) is 2.88. The van der Waals surface area contributed by atoms with E-state index in [1.807, 2.05) is 0 Å². The van der Waals surface area contributed by atoms with Crippen LogP contribution in [0, 0.1) is 11.3 Å². The molecule has 2 atom stereocenters. The lowest BCUT2D eigenvalue weighted by Crippen LogP contribution is -2.49. The van der Waals surface area contributed by atoms with E-state index in [-0.39, 0.29) is 19.4 Å². The summed E-state index contributed by atoms with van der Waals surface area (Å²) in [6.07, 6.45) is -0.0692. The molecule has 0 radical (unpaired) electrons. The molecule has 0 heterocycles.